The number of aliphatic hydroxyl groups is 3. The number of carbonyl (C=O) groups excluding carboxylic acids is 15. The van der Waals surface area contributed by atoms with Gasteiger partial charge in [-0.15, -0.1) is 0 Å². The van der Waals surface area contributed by atoms with E-state index in [4.69, 9.17) is 81.6 Å². The highest BCUT2D eigenvalue weighted by Crippen LogP contribution is 2.22. The molecule has 0 aliphatic carbocycles. The summed E-state index contributed by atoms with van der Waals surface area (Å²) >= 11 is 0. The Morgan fingerprint density at radius 2 is 0.655 bits per heavy atom. The lowest BCUT2D eigenvalue weighted by Crippen LogP contribution is -2.37. The largest absolute Gasteiger partial charge is 0.455 e. The van der Waals surface area contributed by atoms with Crippen LogP contribution in [-0.4, -0.2) is 281 Å². The van der Waals surface area contributed by atoms with Crippen molar-refractivity contribution in [1.29, 1.82) is 0 Å². The van der Waals surface area contributed by atoms with Gasteiger partial charge in [-0.3, -0.25) is 33.6 Å². The molecule has 0 spiro atoms. The third kappa shape index (κ3) is 70.9. The van der Waals surface area contributed by atoms with Crippen LogP contribution in [0, 0.1) is 37.9 Å². The van der Waals surface area contributed by atoms with Crippen LogP contribution in [0.15, 0.2) is 0 Å². The van der Waals surface area contributed by atoms with Gasteiger partial charge in [0, 0.05) is 55.0 Å². The van der Waals surface area contributed by atoms with Crippen LogP contribution in [0.25, 0.3) is 0 Å². The molecule has 113 heavy (non-hydrogen) atoms. The number of ether oxygens (including phenoxy) is 18. The van der Waals surface area contributed by atoms with E-state index in [1.165, 1.54) is 48.8 Å². The second-order valence-corrected chi connectivity index (χ2v) is 31.3. The fourth-order valence-corrected chi connectivity index (χ4v) is 5.84. The van der Waals surface area contributed by atoms with E-state index in [1.54, 1.807) is 125 Å². The standard InChI is InChI=1S/C14H24O6.2C11H18O6.C11H20O5.C11H22O4.C10H20O4.C9H16O5/c1-7-18-8-11(15)19-10(3)13(17)20-9(2)12(16)14(4,5)6;1-7(17-9(14)5-12)10(15)16-6-8(13)11(2,3)4;1-7(10(15)11(2,3)4)17-9(14)6-16-8(13)5-12;1-7(9(12)16-8(2)14-6)15-10(13)11(3,4)5;1-11(2,3)10(12)9-15-8-7-14-6-5-13-4;1-10(2,3)9(12)8-14-7-6-13-5-4-11;1-9(2,3)8(11)13-5-7(10)14-6-12-4/h9-10H,7-8H2,1-6H3;2*7,12H,5-6H2,1-4H3;7-8H,1-6H3;5-9H2,1-4H3;11H,4-8H2,1-3H3;5-6H2,1-4H3. The molecule has 0 amide bonds. The molecule has 0 heterocycles. The molecule has 0 rings (SSSR count). The van der Waals surface area contributed by atoms with Crippen LogP contribution in [0.5, 0.6) is 0 Å². The number of ketones is 5. The van der Waals surface area contributed by atoms with Crippen LogP contribution in [0.4, 0.5) is 0 Å². The summed E-state index contributed by atoms with van der Waals surface area (Å²) in [6, 6.07) is 0. The Morgan fingerprint density at radius 1 is 0.292 bits per heavy atom. The number of Topliss-reactive ketones (excluding diaryl/α,β-unsaturated/α-hetero) is 5. The van der Waals surface area contributed by atoms with E-state index in [-0.39, 0.29) is 86.2 Å². The molecule has 0 aliphatic rings. The summed E-state index contributed by atoms with van der Waals surface area (Å²) in [5.41, 5.74) is -3.72. The average molecular weight is 1640 g/mol. The molecule has 0 saturated heterocycles. The summed E-state index contributed by atoms with van der Waals surface area (Å²) in [7, 11) is 4.44. The third-order valence-electron chi connectivity index (χ3n) is 13.0. The van der Waals surface area contributed by atoms with Crippen molar-refractivity contribution < 1.29 is 173 Å². The fraction of sp³-hybridized carbons (Fsp3) is 0.805. The Bertz CT molecular complexity index is 2780. The second-order valence-electron chi connectivity index (χ2n) is 31.3. The molecule has 3 N–H and O–H groups in total. The Morgan fingerprint density at radius 3 is 1.04 bits per heavy atom. The van der Waals surface area contributed by atoms with Gasteiger partial charge in [0.15, 0.2) is 92.3 Å². The first-order chi connectivity index (χ1) is 51.5. The monoisotopic (exact) mass is 1640 g/mol. The van der Waals surface area contributed by atoms with Crippen LogP contribution in [0.2, 0.25) is 0 Å². The first-order valence-corrected chi connectivity index (χ1v) is 36.2. The van der Waals surface area contributed by atoms with E-state index in [9.17, 15) is 71.9 Å². The third-order valence-corrected chi connectivity index (χ3v) is 13.0. The highest BCUT2D eigenvalue weighted by atomic mass is 16.7. The van der Waals surface area contributed by atoms with Crippen LogP contribution in [0.3, 0.4) is 0 Å². The van der Waals surface area contributed by atoms with Gasteiger partial charge in [-0.25, -0.2) is 38.4 Å². The maximum atomic E-state index is 11.9. The highest BCUT2D eigenvalue weighted by molar-refractivity contribution is 5.91. The number of methoxy groups -OCH3 is 3. The summed E-state index contributed by atoms with van der Waals surface area (Å²) in [4.78, 5) is 169. The Kier molecular flexibility index (Phi) is 66.2. The lowest BCUT2D eigenvalue weighted by molar-refractivity contribution is -0.187. The van der Waals surface area contributed by atoms with Gasteiger partial charge in [0.05, 0.1) is 63.7 Å². The Balaban J connectivity index is -0.000000233. The normalized spacial score (nSPS) is 12.9. The van der Waals surface area contributed by atoms with Crippen molar-refractivity contribution in [2.75, 3.05) is 140 Å². The van der Waals surface area contributed by atoms with Crippen molar-refractivity contribution in [2.45, 2.75) is 231 Å². The van der Waals surface area contributed by atoms with Crippen molar-refractivity contribution in [2.24, 2.45) is 37.9 Å². The SMILES string of the molecule is CC(C)(C)C(=O)COCCOCCO.CC(OC(=O)CO)C(=O)OCC(=O)C(C)(C)C.CC(OC(=O)COC(=O)CO)C(=O)C(C)(C)C.CCOCC(=O)OC(C)C(=O)OC(C)C(=O)C(C)(C)C.COC(C)OC(=O)C(C)OC(=O)C(C)(C)C.COCCOCCOCC(=O)C(C)(C)C.COCOC(=O)COC(=O)C(C)(C)C. The first kappa shape index (κ1) is 119. The molecule has 6 atom stereocenters. The zero-order valence-corrected chi connectivity index (χ0v) is 73.0. The van der Waals surface area contributed by atoms with Crippen molar-refractivity contribution in [1.82, 2.24) is 0 Å². The molecular weight excluding hydrogens is 1500 g/mol. The molecule has 6 unspecified atom stereocenters. The zero-order chi connectivity index (χ0) is 90.1. The Hall–Kier alpha value is -7.39. The molecule has 0 fully saturated rings. The average Bonchev–Trinajstić information content (AvgIpc) is 0.875. The second kappa shape index (κ2) is 62.9. The van der Waals surface area contributed by atoms with E-state index in [1.807, 2.05) is 41.5 Å². The summed E-state index contributed by atoms with van der Waals surface area (Å²) in [6.07, 6.45) is -5.56. The quantitative estimate of drug-likeness (QED) is 0.0283. The van der Waals surface area contributed by atoms with E-state index >= 15 is 0 Å². The van der Waals surface area contributed by atoms with Crippen LogP contribution >= 0.6 is 0 Å². The van der Waals surface area contributed by atoms with Gasteiger partial charge < -0.3 is 101 Å². The molecule has 662 valence electrons. The summed E-state index contributed by atoms with van der Waals surface area (Å²) in [6.45, 7) is 48.0. The molecule has 0 aromatic carbocycles. The van der Waals surface area contributed by atoms with Gasteiger partial charge in [-0.2, -0.15) is 0 Å². The van der Waals surface area contributed by atoms with Crippen molar-refractivity contribution in [3.05, 3.63) is 0 Å². The first-order valence-electron chi connectivity index (χ1n) is 36.2. The maximum Gasteiger partial charge on any atom is 0.349 e. The van der Waals surface area contributed by atoms with Gasteiger partial charge >= 0.3 is 59.7 Å². The molecule has 0 saturated carbocycles. The Labute approximate surface area is 667 Å². The summed E-state index contributed by atoms with van der Waals surface area (Å²) < 4.78 is 86.5. The minimum absolute atomic E-state index is 0.0148. The van der Waals surface area contributed by atoms with Gasteiger partial charge in [-0.05, 0) is 90.0 Å². The lowest BCUT2D eigenvalue weighted by Gasteiger charge is -2.23. The molecule has 0 aromatic heterocycles. The molecule has 36 heteroatoms. The van der Waals surface area contributed by atoms with Crippen molar-refractivity contribution >= 4 is 88.6 Å². The van der Waals surface area contributed by atoms with Crippen molar-refractivity contribution in [3.63, 3.8) is 0 Å². The maximum absolute atomic E-state index is 11.9. The van der Waals surface area contributed by atoms with Crippen LogP contribution < -0.4 is 0 Å². The number of aliphatic hydroxyl groups excluding tert-OH is 3. The van der Waals surface area contributed by atoms with E-state index in [0.717, 1.165) is 0 Å². The predicted molar refractivity (Wildman–Crippen MR) is 405 cm³/mol. The minimum Gasteiger partial charge on any atom is -0.455 e. The van der Waals surface area contributed by atoms with E-state index in [0.29, 0.717) is 52.9 Å². The fourth-order valence-electron chi connectivity index (χ4n) is 5.84. The summed E-state index contributed by atoms with van der Waals surface area (Å²) in [5.74, 6) is -7.45. The summed E-state index contributed by atoms with van der Waals surface area (Å²) in [5, 5.41) is 25.2. The van der Waals surface area contributed by atoms with Gasteiger partial charge in [0.2, 0.25) is 0 Å². The number of rotatable bonds is 40. The topological polar surface area (TPSA) is 483 Å². The molecule has 0 bridgehead atoms. The van der Waals surface area contributed by atoms with E-state index < -0.39 is 143 Å². The van der Waals surface area contributed by atoms with Gasteiger partial charge in [0.1, 0.15) is 33.0 Å². The number of hydrogen-bond donors (Lipinski definition) is 3. The smallest absolute Gasteiger partial charge is 0.349 e. The predicted octanol–water partition coefficient (Wildman–Crippen LogP) is 5.77. The molecular formula is C77H138O36. The molecule has 36 nitrogen and oxygen atoms in total. The highest BCUT2D eigenvalue weighted by Gasteiger charge is 2.34. The van der Waals surface area contributed by atoms with Crippen LogP contribution in [-0.2, 0) is 157 Å². The van der Waals surface area contributed by atoms with Gasteiger partial charge in [0.25, 0.3) is 0 Å². The molecule has 0 radical (unpaired) electrons. The van der Waals surface area contributed by atoms with E-state index in [2.05, 4.69) is 18.9 Å². The van der Waals surface area contributed by atoms with Gasteiger partial charge in [-0.1, -0.05) is 104 Å². The molecule has 0 aromatic rings. The lowest BCUT2D eigenvalue weighted by atomic mass is 9.88. The van der Waals surface area contributed by atoms with Crippen LogP contribution in [0.1, 0.15) is 194 Å². The number of esters is 10. The minimum atomic E-state index is -1.14. The molecule has 0 aliphatic heterocycles. The number of hydrogen-bond acceptors (Lipinski definition) is 36. The number of carbonyl (C=O) groups is 15. The van der Waals surface area contributed by atoms with Crippen molar-refractivity contribution in [3.8, 4) is 0 Å². The zero-order valence-electron chi connectivity index (χ0n) is 73.0.